The van der Waals surface area contributed by atoms with E-state index in [-0.39, 0.29) is 6.61 Å². The molecule has 0 amide bonds. The number of rotatable bonds is 7. The molecular formula is C14H19N3O3. The fourth-order valence-electron chi connectivity index (χ4n) is 1.76. The van der Waals surface area contributed by atoms with Gasteiger partial charge in [0.2, 0.25) is 11.7 Å². The highest BCUT2D eigenvalue weighted by atomic mass is 16.5. The number of aromatic nitrogens is 2. The highest BCUT2D eigenvalue weighted by Crippen LogP contribution is 2.24. The van der Waals surface area contributed by atoms with Crippen molar-refractivity contribution in [3.05, 3.63) is 35.5 Å². The van der Waals surface area contributed by atoms with E-state index in [4.69, 9.17) is 14.0 Å². The van der Waals surface area contributed by atoms with Crippen LogP contribution in [0.5, 0.6) is 11.5 Å². The van der Waals surface area contributed by atoms with Crippen molar-refractivity contribution < 1.29 is 14.0 Å². The van der Waals surface area contributed by atoms with Gasteiger partial charge in [-0.3, -0.25) is 0 Å². The normalized spacial score (nSPS) is 10.6. The van der Waals surface area contributed by atoms with Gasteiger partial charge in [-0.25, -0.2) is 0 Å². The summed E-state index contributed by atoms with van der Waals surface area (Å²) in [5.41, 5.74) is 1.03. The molecule has 108 valence electrons. The largest absolute Gasteiger partial charge is 0.497 e. The monoisotopic (exact) mass is 277 g/mol. The average Bonchev–Trinajstić information content (AvgIpc) is 2.89. The van der Waals surface area contributed by atoms with Gasteiger partial charge in [0.25, 0.3) is 0 Å². The maximum atomic E-state index is 5.75. The Morgan fingerprint density at radius 2 is 2.20 bits per heavy atom. The van der Waals surface area contributed by atoms with E-state index >= 15 is 0 Å². The van der Waals surface area contributed by atoms with Crippen LogP contribution in [0.25, 0.3) is 0 Å². The number of methoxy groups -OCH3 is 1. The third-order valence-electron chi connectivity index (χ3n) is 2.76. The molecule has 0 bridgehead atoms. The summed E-state index contributed by atoms with van der Waals surface area (Å²) in [6.07, 6.45) is 0. The quantitative estimate of drug-likeness (QED) is 0.835. The van der Waals surface area contributed by atoms with Gasteiger partial charge in [0, 0.05) is 19.0 Å². The van der Waals surface area contributed by atoms with Crippen LogP contribution in [0.4, 0.5) is 0 Å². The van der Waals surface area contributed by atoms with Crippen molar-refractivity contribution in [2.75, 3.05) is 13.7 Å². The van der Waals surface area contributed by atoms with Crippen LogP contribution in [0.2, 0.25) is 0 Å². The summed E-state index contributed by atoms with van der Waals surface area (Å²) >= 11 is 0. The molecule has 0 aliphatic heterocycles. The smallest absolute Gasteiger partial charge is 0.223 e. The minimum Gasteiger partial charge on any atom is -0.497 e. The van der Waals surface area contributed by atoms with Gasteiger partial charge >= 0.3 is 0 Å². The average molecular weight is 277 g/mol. The van der Waals surface area contributed by atoms with Crippen molar-refractivity contribution in [1.82, 2.24) is 15.5 Å². The number of aryl methyl sites for hydroxylation is 1. The molecule has 0 aliphatic carbocycles. The number of ether oxygens (including phenoxy) is 2. The lowest BCUT2D eigenvalue weighted by Gasteiger charge is -2.12. The van der Waals surface area contributed by atoms with Crippen molar-refractivity contribution in [2.24, 2.45) is 0 Å². The Hall–Kier alpha value is -2.08. The molecule has 0 aliphatic rings. The molecule has 0 saturated carbocycles. The Kier molecular flexibility index (Phi) is 4.95. The van der Waals surface area contributed by atoms with E-state index in [0.717, 1.165) is 23.6 Å². The maximum Gasteiger partial charge on any atom is 0.223 e. The molecule has 6 heteroatoms. The van der Waals surface area contributed by atoms with Crippen LogP contribution >= 0.6 is 0 Å². The first kappa shape index (κ1) is 14.3. The fourth-order valence-corrected chi connectivity index (χ4v) is 1.76. The van der Waals surface area contributed by atoms with Crippen LogP contribution in [-0.4, -0.2) is 23.8 Å². The Morgan fingerprint density at radius 1 is 1.35 bits per heavy atom. The molecule has 0 fully saturated rings. The van der Waals surface area contributed by atoms with E-state index in [2.05, 4.69) is 22.4 Å². The van der Waals surface area contributed by atoms with Gasteiger partial charge in [-0.1, -0.05) is 12.1 Å². The van der Waals surface area contributed by atoms with Crippen molar-refractivity contribution in [2.45, 2.75) is 27.0 Å². The van der Waals surface area contributed by atoms with Crippen molar-refractivity contribution in [3.63, 3.8) is 0 Å². The molecule has 0 atom stereocenters. The Labute approximate surface area is 118 Å². The SMILES string of the molecule is CCNCc1cc(OC)ccc1OCc1noc(C)n1. The molecule has 1 N–H and O–H groups in total. The third-order valence-corrected chi connectivity index (χ3v) is 2.76. The first-order valence-corrected chi connectivity index (χ1v) is 6.52. The van der Waals surface area contributed by atoms with E-state index in [1.165, 1.54) is 0 Å². The van der Waals surface area contributed by atoms with Gasteiger partial charge in [-0.05, 0) is 24.7 Å². The van der Waals surface area contributed by atoms with Gasteiger partial charge in [0.15, 0.2) is 6.61 Å². The number of benzene rings is 1. The maximum absolute atomic E-state index is 5.75. The zero-order valence-corrected chi connectivity index (χ0v) is 12.0. The molecule has 0 radical (unpaired) electrons. The standard InChI is InChI=1S/C14H19N3O3/c1-4-15-8-11-7-12(18-3)5-6-13(11)19-9-14-16-10(2)20-17-14/h5-7,15H,4,8-9H2,1-3H3. The summed E-state index contributed by atoms with van der Waals surface area (Å²) in [5.74, 6) is 2.66. The third kappa shape index (κ3) is 3.71. The van der Waals surface area contributed by atoms with E-state index in [1.54, 1.807) is 14.0 Å². The minimum atomic E-state index is 0.281. The zero-order valence-electron chi connectivity index (χ0n) is 12.0. The highest BCUT2D eigenvalue weighted by molar-refractivity contribution is 5.40. The molecule has 2 rings (SSSR count). The van der Waals surface area contributed by atoms with Crippen LogP contribution < -0.4 is 14.8 Å². The van der Waals surface area contributed by atoms with Gasteiger partial charge in [-0.15, -0.1) is 0 Å². The summed E-state index contributed by atoms with van der Waals surface area (Å²) in [7, 11) is 1.65. The molecule has 2 aromatic rings. The predicted octanol–water partition coefficient (Wildman–Crippen LogP) is 2.08. The van der Waals surface area contributed by atoms with E-state index in [9.17, 15) is 0 Å². The second-order valence-electron chi connectivity index (χ2n) is 4.27. The molecule has 1 aromatic carbocycles. The molecule has 6 nitrogen and oxygen atoms in total. The van der Waals surface area contributed by atoms with Gasteiger partial charge in [0.05, 0.1) is 7.11 Å². The Morgan fingerprint density at radius 3 is 2.85 bits per heavy atom. The van der Waals surface area contributed by atoms with E-state index in [0.29, 0.717) is 18.3 Å². The van der Waals surface area contributed by atoms with Crippen LogP contribution in [-0.2, 0) is 13.2 Å². The summed E-state index contributed by atoms with van der Waals surface area (Å²) in [6.45, 7) is 5.70. The molecule has 0 spiro atoms. The fraction of sp³-hybridized carbons (Fsp3) is 0.429. The number of nitrogens with zero attached hydrogens (tertiary/aromatic N) is 2. The summed E-state index contributed by atoms with van der Waals surface area (Å²) in [6, 6.07) is 5.71. The molecule has 0 saturated heterocycles. The van der Waals surface area contributed by atoms with Gasteiger partial charge in [0.1, 0.15) is 11.5 Å². The lowest BCUT2D eigenvalue weighted by molar-refractivity contribution is 0.282. The highest BCUT2D eigenvalue weighted by Gasteiger charge is 2.08. The Balaban J connectivity index is 2.08. The van der Waals surface area contributed by atoms with Gasteiger partial charge in [-0.2, -0.15) is 4.98 Å². The minimum absolute atomic E-state index is 0.281. The molecule has 1 aromatic heterocycles. The van der Waals surface area contributed by atoms with Crippen molar-refractivity contribution in [3.8, 4) is 11.5 Å². The lowest BCUT2D eigenvalue weighted by atomic mass is 10.2. The van der Waals surface area contributed by atoms with Crippen LogP contribution in [0.1, 0.15) is 24.2 Å². The molecule has 0 unspecified atom stereocenters. The molecule has 1 heterocycles. The number of nitrogens with one attached hydrogen (secondary N) is 1. The summed E-state index contributed by atoms with van der Waals surface area (Å²) < 4.78 is 15.9. The predicted molar refractivity (Wildman–Crippen MR) is 73.7 cm³/mol. The second-order valence-corrected chi connectivity index (χ2v) is 4.27. The van der Waals surface area contributed by atoms with Crippen molar-refractivity contribution in [1.29, 1.82) is 0 Å². The van der Waals surface area contributed by atoms with Gasteiger partial charge < -0.3 is 19.3 Å². The topological polar surface area (TPSA) is 69.4 Å². The number of hydrogen-bond donors (Lipinski definition) is 1. The zero-order chi connectivity index (χ0) is 14.4. The van der Waals surface area contributed by atoms with Crippen LogP contribution in [0, 0.1) is 6.92 Å². The first-order chi connectivity index (χ1) is 9.72. The van der Waals surface area contributed by atoms with E-state index < -0.39 is 0 Å². The molecule has 20 heavy (non-hydrogen) atoms. The van der Waals surface area contributed by atoms with E-state index in [1.807, 2.05) is 18.2 Å². The lowest BCUT2D eigenvalue weighted by Crippen LogP contribution is -2.13. The summed E-state index contributed by atoms with van der Waals surface area (Å²) in [4.78, 5) is 4.11. The second kappa shape index (κ2) is 6.91. The molecular weight excluding hydrogens is 258 g/mol. The van der Waals surface area contributed by atoms with Crippen LogP contribution in [0.3, 0.4) is 0 Å². The van der Waals surface area contributed by atoms with Crippen molar-refractivity contribution >= 4 is 0 Å². The first-order valence-electron chi connectivity index (χ1n) is 6.52. The Bertz CT molecular complexity index is 554. The summed E-state index contributed by atoms with van der Waals surface area (Å²) in [5, 5.41) is 7.08. The van der Waals surface area contributed by atoms with Crippen LogP contribution in [0.15, 0.2) is 22.7 Å². The number of hydrogen-bond acceptors (Lipinski definition) is 6.